The molecule has 1 radical (unpaired) electrons. The zero-order chi connectivity index (χ0) is 33.1. The maximum Gasteiger partial charge on any atom is 0.216 e. The van der Waals surface area contributed by atoms with Crippen molar-refractivity contribution in [2.24, 2.45) is 5.92 Å². The van der Waals surface area contributed by atoms with E-state index in [4.69, 9.17) is 9.40 Å². The number of furan rings is 1. The van der Waals surface area contributed by atoms with Gasteiger partial charge in [-0.3, -0.25) is 0 Å². The number of benzene rings is 2. The molecule has 2 aliphatic rings. The SMILES string of the molecule is C[Si](C)(C)c1cnc(-c2[c-]cccc2)cc1C1CCCC1.Cc1ccc2c(n1)oc1c[c-]c(-c3cc(CC4CCCCC4)ccn3)cc12.[Ir]. The van der Waals surface area contributed by atoms with Crippen molar-refractivity contribution in [3.8, 4) is 22.5 Å². The molecule has 0 atom stereocenters. The topological polar surface area (TPSA) is 51.8 Å². The zero-order valence-electron chi connectivity index (χ0n) is 29.3. The molecule has 0 saturated heterocycles. The molecule has 2 saturated carbocycles. The van der Waals surface area contributed by atoms with E-state index in [1.807, 2.05) is 37.4 Å². The number of aromatic nitrogens is 3. The summed E-state index contributed by atoms with van der Waals surface area (Å²) >= 11 is 0. The Labute approximate surface area is 306 Å². The second kappa shape index (κ2) is 15.6. The predicted molar refractivity (Wildman–Crippen MR) is 201 cm³/mol. The third-order valence-electron chi connectivity index (χ3n) is 10.3. The fourth-order valence-electron chi connectivity index (χ4n) is 7.69. The first-order valence-corrected chi connectivity index (χ1v) is 21.5. The number of nitrogens with zero attached hydrogens (tertiary/aromatic N) is 3. The molecule has 2 fully saturated rings. The first-order chi connectivity index (χ1) is 23.3. The van der Waals surface area contributed by atoms with Crippen LogP contribution in [0.15, 0.2) is 83.5 Å². The molecule has 0 N–H and O–H groups in total. The van der Waals surface area contributed by atoms with Crippen LogP contribution >= 0.6 is 0 Å². The van der Waals surface area contributed by atoms with E-state index in [0.29, 0.717) is 5.71 Å². The van der Waals surface area contributed by atoms with Gasteiger partial charge in [0.25, 0.3) is 0 Å². The Hall–Kier alpha value is -3.44. The maximum atomic E-state index is 5.89. The van der Waals surface area contributed by atoms with E-state index in [9.17, 15) is 0 Å². The molecule has 8 rings (SSSR count). The standard InChI is InChI=1S/C24H23N2O.C19H24NSi.Ir/c1-16-7-9-20-21-15-19(8-10-23(21)27-24(20)26-16)22-14-18(11-12-25-22)13-17-5-3-2-4-6-17;1-21(2,3)19-14-20-18(16-11-5-4-6-12-16)13-17(19)15-9-7-8-10-15;/h7,9-12,14-15,17H,2-6,13H2,1H3;4-6,11,13-15H,7-10H2,1-3H3;/q2*-1;. The normalized spacial score (nSPS) is 15.6. The number of pyridine rings is 3. The van der Waals surface area contributed by atoms with Crippen LogP contribution in [0.5, 0.6) is 0 Å². The van der Waals surface area contributed by atoms with Gasteiger partial charge in [-0.15, -0.1) is 59.7 Å². The molecule has 6 heteroatoms. The van der Waals surface area contributed by atoms with Gasteiger partial charge >= 0.3 is 0 Å². The Morgan fingerprint density at radius 2 is 1.57 bits per heavy atom. The summed E-state index contributed by atoms with van der Waals surface area (Å²) in [5.41, 5.74) is 9.63. The van der Waals surface area contributed by atoms with Crippen molar-refractivity contribution in [1.29, 1.82) is 0 Å². The summed E-state index contributed by atoms with van der Waals surface area (Å²) in [6, 6.07) is 29.7. The monoisotopic (exact) mass is 842 g/mol. The molecule has 4 heterocycles. The van der Waals surface area contributed by atoms with Crippen molar-refractivity contribution < 1.29 is 24.5 Å². The quantitative estimate of drug-likeness (QED) is 0.124. The predicted octanol–water partition coefficient (Wildman–Crippen LogP) is 11.0. The summed E-state index contributed by atoms with van der Waals surface area (Å²) < 4.78 is 5.89. The minimum Gasteiger partial charge on any atom is -0.486 e. The molecular weight excluding hydrogens is 795 g/mol. The van der Waals surface area contributed by atoms with Crippen LogP contribution < -0.4 is 5.19 Å². The fraction of sp³-hybridized carbons (Fsp3) is 0.372. The molecule has 0 aliphatic heterocycles. The van der Waals surface area contributed by atoms with E-state index >= 15 is 0 Å². The molecule has 0 spiro atoms. The van der Waals surface area contributed by atoms with Gasteiger partial charge in [-0.2, -0.15) is 0 Å². The van der Waals surface area contributed by atoms with Gasteiger partial charge in [0.05, 0.1) is 13.7 Å². The van der Waals surface area contributed by atoms with Gasteiger partial charge < -0.3 is 14.4 Å². The van der Waals surface area contributed by atoms with E-state index < -0.39 is 8.07 Å². The molecule has 0 amide bonds. The number of hydrogen-bond donors (Lipinski definition) is 0. The molecule has 0 bridgehead atoms. The van der Waals surface area contributed by atoms with Crippen LogP contribution in [0.4, 0.5) is 0 Å². The van der Waals surface area contributed by atoms with Crippen LogP contribution in [0.25, 0.3) is 44.6 Å². The van der Waals surface area contributed by atoms with Gasteiger partial charge in [0.1, 0.15) is 0 Å². The summed E-state index contributed by atoms with van der Waals surface area (Å²) in [6.07, 6.45) is 17.6. The number of hydrogen-bond acceptors (Lipinski definition) is 4. The second-order valence-corrected chi connectivity index (χ2v) is 20.0. The Morgan fingerprint density at radius 1 is 0.796 bits per heavy atom. The number of rotatable bonds is 6. The van der Waals surface area contributed by atoms with Gasteiger partial charge in [0.15, 0.2) is 0 Å². The molecule has 2 aromatic carbocycles. The van der Waals surface area contributed by atoms with E-state index in [-0.39, 0.29) is 20.1 Å². The van der Waals surface area contributed by atoms with Crippen LogP contribution in [-0.2, 0) is 26.5 Å². The van der Waals surface area contributed by atoms with Crippen LogP contribution in [0, 0.1) is 25.0 Å². The molecule has 255 valence electrons. The average Bonchev–Trinajstić information content (AvgIpc) is 3.77. The van der Waals surface area contributed by atoms with Crippen molar-refractivity contribution in [3.63, 3.8) is 0 Å². The van der Waals surface area contributed by atoms with Crippen molar-refractivity contribution in [2.45, 2.75) is 96.7 Å². The van der Waals surface area contributed by atoms with E-state index in [2.05, 4.69) is 90.4 Å². The third-order valence-corrected chi connectivity index (χ3v) is 12.3. The number of aryl methyl sites for hydroxylation is 1. The largest absolute Gasteiger partial charge is 0.486 e. The Bertz CT molecular complexity index is 2000. The first-order valence-electron chi connectivity index (χ1n) is 18.0. The maximum absolute atomic E-state index is 5.89. The minimum absolute atomic E-state index is 0. The minimum atomic E-state index is -1.34. The Kier molecular flexibility index (Phi) is 11.3. The molecular formula is C43H47IrN3OSi-2. The molecule has 4 nitrogen and oxygen atoms in total. The second-order valence-electron chi connectivity index (χ2n) is 15.0. The summed E-state index contributed by atoms with van der Waals surface area (Å²) in [4.78, 5) is 13.9. The van der Waals surface area contributed by atoms with E-state index in [1.54, 1.807) is 10.8 Å². The third kappa shape index (κ3) is 8.31. The van der Waals surface area contributed by atoms with Gasteiger partial charge in [-0.25, -0.2) is 4.98 Å². The van der Waals surface area contributed by atoms with E-state index in [1.165, 1.54) is 63.4 Å². The fourth-order valence-corrected chi connectivity index (χ4v) is 9.28. The molecule has 2 aliphatic carbocycles. The first kappa shape index (κ1) is 35.4. The van der Waals surface area contributed by atoms with Gasteiger partial charge in [0.2, 0.25) is 5.71 Å². The van der Waals surface area contributed by atoms with Crippen LogP contribution in [0.3, 0.4) is 0 Å². The summed E-state index contributed by atoms with van der Waals surface area (Å²) in [5, 5.41) is 3.67. The average molecular weight is 842 g/mol. The van der Waals surface area contributed by atoms with Gasteiger partial charge in [0, 0.05) is 43.6 Å². The van der Waals surface area contributed by atoms with Gasteiger partial charge in [-0.05, 0) is 72.8 Å². The van der Waals surface area contributed by atoms with Crippen LogP contribution in [0.1, 0.15) is 80.5 Å². The summed E-state index contributed by atoms with van der Waals surface area (Å²) in [7, 11) is -1.34. The molecule has 6 aromatic rings. The van der Waals surface area contributed by atoms with Crippen LogP contribution in [0.2, 0.25) is 19.6 Å². The molecule has 0 unspecified atom stereocenters. The van der Waals surface area contributed by atoms with Crippen molar-refractivity contribution in [3.05, 3.63) is 108 Å². The zero-order valence-corrected chi connectivity index (χ0v) is 32.7. The summed E-state index contributed by atoms with van der Waals surface area (Å²) in [5.74, 6) is 1.57. The van der Waals surface area contributed by atoms with Crippen molar-refractivity contribution in [1.82, 2.24) is 15.0 Å². The molecule has 49 heavy (non-hydrogen) atoms. The van der Waals surface area contributed by atoms with E-state index in [0.717, 1.165) is 62.8 Å². The summed E-state index contributed by atoms with van der Waals surface area (Å²) in [6.45, 7) is 9.26. The van der Waals surface area contributed by atoms with Gasteiger partial charge in [-0.1, -0.05) is 93.2 Å². The Morgan fingerprint density at radius 3 is 2.33 bits per heavy atom. The Balaban J connectivity index is 0.000000172. The van der Waals surface area contributed by atoms with Crippen molar-refractivity contribution >= 4 is 35.3 Å². The number of fused-ring (bicyclic) bond motifs is 3. The van der Waals surface area contributed by atoms with Crippen LogP contribution in [-0.4, -0.2) is 23.0 Å². The van der Waals surface area contributed by atoms with Crippen molar-refractivity contribution in [2.75, 3.05) is 0 Å². The smallest absolute Gasteiger partial charge is 0.216 e. The molecule has 4 aromatic heterocycles.